The Morgan fingerprint density at radius 2 is 2.29 bits per heavy atom. The third-order valence-corrected chi connectivity index (χ3v) is 3.33. The summed E-state index contributed by atoms with van der Waals surface area (Å²) in [5.74, 6) is 1.24. The summed E-state index contributed by atoms with van der Waals surface area (Å²) in [7, 11) is 1.74. The van der Waals surface area contributed by atoms with Crippen molar-refractivity contribution in [2.24, 2.45) is 5.92 Å². The van der Waals surface area contributed by atoms with Gasteiger partial charge >= 0.3 is 0 Å². The largest absolute Gasteiger partial charge is 0.357 e. The van der Waals surface area contributed by atoms with Crippen molar-refractivity contribution < 1.29 is 4.39 Å². The lowest BCUT2D eigenvalue weighted by atomic mass is 9.85. The van der Waals surface area contributed by atoms with Crippen LogP contribution in [0.5, 0.6) is 0 Å². The number of halogens is 1. The number of nitrogens with one attached hydrogen (secondary N) is 1. The zero-order valence-electron chi connectivity index (χ0n) is 10.4. The number of hydrogen-bond acceptors (Lipinski definition) is 4. The topological polar surface area (TPSA) is 41.1 Å². The van der Waals surface area contributed by atoms with Crippen molar-refractivity contribution in [3.8, 4) is 0 Å². The van der Waals surface area contributed by atoms with Crippen molar-refractivity contribution in [1.82, 2.24) is 9.97 Å². The number of nitrogens with zero attached hydrogens (tertiary/aromatic N) is 3. The quantitative estimate of drug-likeness (QED) is 0.854. The molecule has 1 saturated carbocycles. The Hall–Kier alpha value is -1.39. The standard InChI is InChI=1S/C12H19FN4/c1-3-17(8-9-5-4-6-9)11-10(13)7-15-12(14-2)16-11/h7,9H,3-6,8H2,1-2H3,(H,14,15,16). The average molecular weight is 238 g/mol. The van der Waals surface area contributed by atoms with Crippen molar-refractivity contribution >= 4 is 11.8 Å². The van der Waals surface area contributed by atoms with Gasteiger partial charge in [0.2, 0.25) is 5.95 Å². The van der Waals surface area contributed by atoms with Crippen molar-refractivity contribution in [2.75, 3.05) is 30.4 Å². The molecule has 0 aromatic carbocycles. The Morgan fingerprint density at radius 3 is 2.82 bits per heavy atom. The third-order valence-electron chi connectivity index (χ3n) is 3.33. The van der Waals surface area contributed by atoms with E-state index >= 15 is 0 Å². The third kappa shape index (κ3) is 2.65. The summed E-state index contributed by atoms with van der Waals surface area (Å²) >= 11 is 0. The molecule has 1 heterocycles. The molecule has 0 unspecified atom stereocenters. The molecular formula is C12H19FN4. The minimum Gasteiger partial charge on any atom is -0.357 e. The van der Waals surface area contributed by atoms with E-state index in [0.29, 0.717) is 17.7 Å². The first kappa shape index (κ1) is 12.1. The van der Waals surface area contributed by atoms with Crippen LogP contribution in [0.3, 0.4) is 0 Å². The van der Waals surface area contributed by atoms with Gasteiger partial charge in [0.05, 0.1) is 6.20 Å². The van der Waals surface area contributed by atoms with Crippen LogP contribution >= 0.6 is 0 Å². The van der Waals surface area contributed by atoms with E-state index in [1.54, 1.807) is 7.05 Å². The molecule has 1 aromatic rings. The van der Waals surface area contributed by atoms with Crippen LogP contribution in [0.1, 0.15) is 26.2 Å². The molecule has 5 heteroatoms. The fraction of sp³-hybridized carbons (Fsp3) is 0.667. The Morgan fingerprint density at radius 1 is 1.53 bits per heavy atom. The molecule has 2 rings (SSSR count). The fourth-order valence-corrected chi connectivity index (χ4v) is 2.05. The molecule has 1 fully saturated rings. The molecule has 4 nitrogen and oxygen atoms in total. The lowest BCUT2D eigenvalue weighted by molar-refractivity contribution is 0.317. The zero-order chi connectivity index (χ0) is 12.3. The van der Waals surface area contributed by atoms with Gasteiger partial charge in [-0.25, -0.2) is 9.37 Å². The van der Waals surface area contributed by atoms with Crippen LogP contribution in [0.4, 0.5) is 16.2 Å². The van der Waals surface area contributed by atoms with Crippen molar-refractivity contribution in [3.05, 3.63) is 12.0 Å². The van der Waals surface area contributed by atoms with Gasteiger partial charge < -0.3 is 10.2 Å². The molecule has 1 aromatic heterocycles. The monoisotopic (exact) mass is 238 g/mol. The molecule has 17 heavy (non-hydrogen) atoms. The summed E-state index contributed by atoms with van der Waals surface area (Å²) < 4.78 is 13.7. The van der Waals surface area contributed by atoms with Crippen molar-refractivity contribution in [3.63, 3.8) is 0 Å². The second kappa shape index (κ2) is 5.29. The lowest BCUT2D eigenvalue weighted by Gasteiger charge is -2.32. The van der Waals surface area contributed by atoms with Crippen LogP contribution in [0.15, 0.2) is 6.20 Å². The van der Waals surface area contributed by atoms with Crippen LogP contribution in [-0.4, -0.2) is 30.1 Å². The molecule has 0 bridgehead atoms. The molecule has 1 N–H and O–H groups in total. The molecule has 0 spiro atoms. The van der Waals surface area contributed by atoms with E-state index in [1.807, 2.05) is 11.8 Å². The Balaban J connectivity index is 2.15. The lowest BCUT2D eigenvalue weighted by Crippen LogP contribution is -2.33. The average Bonchev–Trinajstić information content (AvgIpc) is 2.29. The molecular weight excluding hydrogens is 219 g/mol. The maximum atomic E-state index is 13.7. The smallest absolute Gasteiger partial charge is 0.224 e. The van der Waals surface area contributed by atoms with E-state index in [1.165, 1.54) is 25.5 Å². The highest BCUT2D eigenvalue weighted by Gasteiger charge is 2.22. The molecule has 1 aliphatic carbocycles. The van der Waals surface area contributed by atoms with Crippen molar-refractivity contribution in [1.29, 1.82) is 0 Å². The van der Waals surface area contributed by atoms with E-state index in [2.05, 4.69) is 15.3 Å². The fourth-order valence-electron chi connectivity index (χ4n) is 2.05. The molecule has 1 aliphatic rings. The summed E-state index contributed by atoms with van der Waals surface area (Å²) in [6.45, 7) is 3.69. The van der Waals surface area contributed by atoms with Crippen molar-refractivity contribution in [2.45, 2.75) is 26.2 Å². The molecule has 0 saturated heterocycles. The van der Waals surface area contributed by atoms with Gasteiger partial charge in [-0.2, -0.15) is 4.98 Å². The Kier molecular flexibility index (Phi) is 3.76. The van der Waals surface area contributed by atoms with Gasteiger partial charge in [-0.05, 0) is 25.7 Å². The predicted molar refractivity (Wildman–Crippen MR) is 66.8 cm³/mol. The first-order valence-corrected chi connectivity index (χ1v) is 6.19. The summed E-state index contributed by atoms with van der Waals surface area (Å²) in [6, 6.07) is 0. The van der Waals surface area contributed by atoms with E-state index in [9.17, 15) is 4.39 Å². The van der Waals surface area contributed by atoms with Crippen LogP contribution in [0.25, 0.3) is 0 Å². The normalized spacial score (nSPS) is 15.5. The van der Waals surface area contributed by atoms with Crippen LogP contribution in [0.2, 0.25) is 0 Å². The molecule has 94 valence electrons. The van der Waals surface area contributed by atoms with Gasteiger partial charge in [0.1, 0.15) is 0 Å². The highest BCUT2D eigenvalue weighted by atomic mass is 19.1. The van der Waals surface area contributed by atoms with E-state index in [0.717, 1.165) is 13.1 Å². The van der Waals surface area contributed by atoms with Gasteiger partial charge in [-0.1, -0.05) is 6.42 Å². The molecule has 0 aliphatic heterocycles. The summed E-state index contributed by atoms with van der Waals surface area (Å²) in [4.78, 5) is 10.1. The summed E-state index contributed by atoms with van der Waals surface area (Å²) in [6.07, 6.45) is 5.04. The summed E-state index contributed by atoms with van der Waals surface area (Å²) in [5.41, 5.74) is 0. The van der Waals surface area contributed by atoms with Gasteiger partial charge in [-0.15, -0.1) is 0 Å². The number of hydrogen-bond donors (Lipinski definition) is 1. The maximum absolute atomic E-state index is 13.7. The van der Waals surface area contributed by atoms with Gasteiger partial charge in [0.25, 0.3) is 0 Å². The van der Waals surface area contributed by atoms with Crippen LogP contribution in [-0.2, 0) is 0 Å². The maximum Gasteiger partial charge on any atom is 0.224 e. The highest BCUT2D eigenvalue weighted by molar-refractivity contribution is 5.43. The SMILES string of the molecule is CCN(CC1CCC1)c1nc(NC)ncc1F. The first-order chi connectivity index (χ1) is 8.24. The second-order valence-corrected chi connectivity index (χ2v) is 4.45. The Labute approximate surface area is 101 Å². The van der Waals surface area contributed by atoms with Gasteiger partial charge in [0.15, 0.2) is 11.6 Å². The van der Waals surface area contributed by atoms with Gasteiger partial charge in [0, 0.05) is 20.1 Å². The second-order valence-electron chi connectivity index (χ2n) is 4.45. The molecule has 0 amide bonds. The summed E-state index contributed by atoms with van der Waals surface area (Å²) in [5, 5.41) is 2.84. The van der Waals surface area contributed by atoms with E-state index in [4.69, 9.17) is 0 Å². The van der Waals surface area contributed by atoms with Gasteiger partial charge in [-0.3, -0.25) is 0 Å². The minimum absolute atomic E-state index is 0.342. The first-order valence-electron chi connectivity index (χ1n) is 6.19. The zero-order valence-corrected chi connectivity index (χ0v) is 10.4. The predicted octanol–water partition coefficient (Wildman–Crippen LogP) is 2.28. The van der Waals surface area contributed by atoms with Crippen LogP contribution < -0.4 is 10.2 Å². The number of anilines is 2. The van der Waals surface area contributed by atoms with E-state index < -0.39 is 0 Å². The minimum atomic E-state index is -0.342. The number of aromatic nitrogens is 2. The van der Waals surface area contributed by atoms with Crippen LogP contribution in [0, 0.1) is 11.7 Å². The van der Waals surface area contributed by atoms with E-state index in [-0.39, 0.29) is 5.82 Å². The molecule has 0 atom stereocenters. The highest BCUT2D eigenvalue weighted by Crippen LogP contribution is 2.29. The number of rotatable bonds is 5. The Bertz CT molecular complexity index is 379. The molecule has 0 radical (unpaired) electrons.